The molecule has 7 heteroatoms. The number of anilines is 2. The van der Waals surface area contributed by atoms with Crippen LogP contribution in [0.4, 0.5) is 17.1 Å². The number of carbonyl (C=O) groups excluding carboxylic acids is 1. The molecule has 7 nitrogen and oxygen atoms in total. The zero-order valence-electron chi connectivity index (χ0n) is 12.0. The van der Waals surface area contributed by atoms with Crippen molar-refractivity contribution in [3.8, 4) is 0 Å². The van der Waals surface area contributed by atoms with Crippen molar-refractivity contribution in [1.82, 2.24) is 5.32 Å². The normalized spacial score (nSPS) is 9.95. The predicted molar refractivity (Wildman–Crippen MR) is 79.2 cm³/mol. The molecule has 1 rings (SSSR count). The number of nitrogens with zero attached hydrogens (tertiary/aromatic N) is 2. The van der Waals surface area contributed by atoms with Gasteiger partial charge in [0.25, 0.3) is 5.69 Å². The minimum absolute atomic E-state index is 0.00450. The Kier molecular flexibility index (Phi) is 5.76. The van der Waals surface area contributed by atoms with Crippen molar-refractivity contribution in [1.29, 1.82) is 0 Å². The van der Waals surface area contributed by atoms with E-state index < -0.39 is 4.92 Å². The Morgan fingerprint density at radius 2 is 2.05 bits per heavy atom. The molecule has 0 bridgehead atoms. The molecule has 20 heavy (non-hydrogen) atoms. The number of nitro groups is 1. The van der Waals surface area contributed by atoms with Crippen LogP contribution in [-0.2, 0) is 4.79 Å². The number of hydrogen-bond donors (Lipinski definition) is 2. The monoisotopic (exact) mass is 280 g/mol. The standard InChI is InChI=1S/C13H20N4O3/c1-4-5-16(9-13(18)15-3)11-6-10(14-2)7-12(8-11)17(19)20/h6-8,14H,4-5,9H2,1-3H3,(H,15,18). The summed E-state index contributed by atoms with van der Waals surface area (Å²) in [5, 5.41) is 16.4. The van der Waals surface area contributed by atoms with Gasteiger partial charge in [-0.3, -0.25) is 14.9 Å². The van der Waals surface area contributed by atoms with E-state index in [2.05, 4.69) is 10.6 Å². The van der Waals surface area contributed by atoms with Crippen LogP contribution >= 0.6 is 0 Å². The Labute approximate surface area is 118 Å². The topological polar surface area (TPSA) is 87.5 Å². The highest BCUT2D eigenvalue weighted by Gasteiger charge is 2.15. The van der Waals surface area contributed by atoms with Crippen LogP contribution in [0.15, 0.2) is 18.2 Å². The number of amides is 1. The minimum Gasteiger partial charge on any atom is -0.388 e. The van der Waals surface area contributed by atoms with E-state index in [0.29, 0.717) is 17.9 Å². The SMILES string of the molecule is CCCN(CC(=O)NC)c1cc(NC)cc([N+](=O)[O-])c1. The zero-order valence-corrected chi connectivity index (χ0v) is 12.0. The van der Waals surface area contributed by atoms with Crippen molar-refractivity contribution in [2.24, 2.45) is 0 Å². The fourth-order valence-corrected chi connectivity index (χ4v) is 1.85. The van der Waals surface area contributed by atoms with Gasteiger partial charge in [-0.15, -0.1) is 0 Å². The Morgan fingerprint density at radius 1 is 1.35 bits per heavy atom. The third-order valence-electron chi connectivity index (χ3n) is 2.87. The fourth-order valence-electron chi connectivity index (χ4n) is 1.85. The molecule has 0 aliphatic carbocycles. The number of non-ortho nitro benzene ring substituents is 1. The van der Waals surface area contributed by atoms with Crippen molar-refractivity contribution in [2.75, 3.05) is 37.4 Å². The third-order valence-corrected chi connectivity index (χ3v) is 2.87. The first-order valence-corrected chi connectivity index (χ1v) is 6.44. The molecular formula is C13H20N4O3. The number of benzene rings is 1. The first-order valence-electron chi connectivity index (χ1n) is 6.44. The number of rotatable bonds is 7. The van der Waals surface area contributed by atoms with E-state index >= 15 is 0 Å². The second-order valence-electron chi connectivity index (χ2n) is 4.34. The van der Waals surface area contributed by atoms with E-state index in [1.54, 1.807) is 20.2 Å². The summed E-state index contributed by atoms with van der Waals surface area (Å²) in [4.78, 5) is 23.9. The molecule has 1 aromatic carbocycles. The molecular weight excluding hydrogens is 260 g/mol. The second-order valence-corrected chi connectivity index (χ2v) is 4.34. The summed E-state index contributed by atoms with van der Waals surface area (Å²) in [6, 6.07) is 4.75. The molecule has 110 valence electrons. The second kappa shape index (κ2) is 7.32. The van der Waals surface area contributed by atoms with Gasteiger partial charge in [0, 0.05) is 44.1 Å². The van der Waals surface area contributed by atoms with Gasteiger partial charge in [-0.2, -0.15) is 0 Å². The molecule has 2 N–H and O–H groups in total. The van der Waals surface area contributed by atoms with Crippen molar-refractivity contribution >= 4 is 23.0 Å². The van der Waals surface area contributed by atoms with Crippen LogP contribution in [0.5, 0.6) is 0 Å². The molecule has 0 heterocycles. The van der Waals surface area contributed by atoms with Crippen LogP contribution in [0.1, 0.15) is 13.3 Å². The number of carbonyl (C=O) groups is 1. The lowest BCUT2D eigenvalue weighted by Gasteiger charge is -2.23. The Bertz CT molecular complexity index is 491. The summed E-state index contributed by atoms with van der Waals surface area (Å²) in [5.74, 6) is -0.129. The highest BCUT2D eigenvalue weighted by atomic mass is 16.6. The maximum absolute atomic E-state index is 11.5. The maximum atomic E-state index is 11.5. The Morgan fingerprint density at radius 3 is 2.55 bits per heavy atom. The lowest BCUT2D eigenvalue weighted by Crippen LogP contribution is -2.36. The lowest BCUT2D eigenvalue weighted by molar-refractivity contribution is -0.384. The van der Waals surface area contributed by atoms with Crippen LogP contribution in [0.2, 0.25) is 0 Å². The number of nitrogens with one attached hydrogen (secondary N) is 2. The van der Waals surface area contributed by atoms with Crippen LogP contribution in [-0.4, -0.2) is 38.0 Å². The van der Waals surface area contributed by atoms with E-state index in [1.165, 1.54) is 12.1 Å². The molecule has 1 amide bonds. The smallest absolute Gasteiger partial charge is 0.273 e. The summed E-state index contributed by atoms with van der Waals surface area (Å²) >= 11 is 0. The Hall–Kier alpha value is -2.31. The van der Waals surface area contributed by atoms with Gasteiger partial charge in [-0.1, -0.05) is 6.92 Å². The van der Waals surface area contributed by atoms with Gasteiger partial charge in [-0.05, 0) is 12.5 Å². The van der Waals surface area contributed by atoms with Crippen molar-refractivity contribution in [3.63, 3.8) is 0 Å². The molecule has 0 aliphatic rings. The molecule has 0 aliphatic heterocycles. The van der Waals surface area contributed by atoms with Gasteiger partial charge in [0.2, 0.25) is 5.91 Å². The summed E-state index contributed by atoms with van der Waals surface area (Å²) in [7, 11) is 3.27. The molecule has 0 radical (unpaired) electrons. The van der Waals surface area contributed by atoms with Gasteiger partial charge < -0.3 is 15.5 Å². The molecule has 0 aromatic heterocycles. The first kappa shape index (κ1) is 15.7. The quantitative estimate of drug-likeness (QED) is 0.585. The molecule has 1 aromatic rings. The van der Waals surface area contributed by atoms with E-state index in [4.69, 9.17) is 0 Å². The van der Waals surface area contributed by atoms with E-state index in [0.717, 1.165) is 6.42 Å². The maximum Gasteiger partial charge on any atom is 0.273 e. The average molecular weight is 280 g/mol. The van der Waals surface area contributed by atoms with Crippen molar-refractivity contribution in [3.05, 3.63) is 28.3 Å². The largest absolute Gasteiger partial charge is 0.388 e. The summed E-state index contributed by atoms with van der Waals surface area (Å²) < 4.78 is 0. The highest BCUT2D eigenvalue weighted by molar-refractivity contribution is 5.81. The van der Waals surface area contributed by atoms with Crippen LogP contribution in [0, 0.1) is 10.1 Å². The minimum atomic E-state index is -0.436. The van der Waals surface area contributed by atoms with Gasteiger partial charge in [-0.25, -0.2) is 0 Å². The van der Waals surface area contributed by atoms with Crippen LogP contribution in [0.25, 0.3) is 0 Å². The van der Waals surface area contributed by atoms with Gasteiger partial charge in [0.15, 0.2) is 0 Å². The summed E-state index contributed by atoms with van der Waals surface area (Å²) in [6.07, 6.45) is 0.842. The van der Waals surface area contributed by atoms with Gasteiger partial charge >= 0.3 is 0 Å². The molecule has 0 saturated carbocycles. The number of likely N-dealkylation sites (N-methyl/N-ethyl adjacent to an activating group) is 1. The highest BCUT2D eigenvalue weighted by Crippen LogP contribution is 2.27. The molecule has 0 atom stereocenters. The van der Waals surface area contributed by atoms with Gasteiger partial charge in [0.05, 0.1) is 11.5 Å². The van der Waals surface area contributed by atoms with Crippen LogP contribution in [0.3, 0.4) is 0 Å². The van der Waals surface area contributed by atoms with Crippen molar-refractivity contribution < 1.29 is 9.72 Å². The number of nitro benzene ring substituents is 1. The summed E-state index contributed by atoms with van der Waals surface area (Å²) in [6.45, 7) is 2.82. The number of hydrogen-bond acceptors (Lipinski definition) is 5. The van der Waals surface area contributed by atoms with Crippen molar-refractivity contribution in [2.45, 2.75) is 13.3 Å². The Balaban J connectivity index is 3.13. The van der Waals surface area contributed by atoms with E-state index in [1.807, 2.05) is 11.8 Å². The molecule has 0 unspecified atom stereocenters. The molecule has 0 saturated heterocycles. The van der Waals surface area contributed by atoms with Gasteiger partial charge in [0.1, 0.15) is 0 Å². The zero-order chi connectivity index (χ0) is 15.1. The van der Waals surface area contributed by atoms with E-state index in [9.17, 15) is 14.9 Å². The third kappa shape index (κ3) is 4.11. The average Bonchev–Trinajstić information content (AvgIpc) is 2.45. The predicted octanol–water partition coefficient (Wildman–Crippen LogP) is 1.60. The van der Waals surface area contributed by atoms with E-state index in [-0.39, 0.29) is 18.1 Å². The lowest BCUT2D eigenvalue weighted by atomic mass is 10.2. The molecule has 0 spiro atoms. The first-order chi connectivity index (χ1) is 9.51. The summed E-state index contributed by atoms with van der Waals surface area (Å²) in [5.41, 5.74) is 1.31. The van der Waals surface area contributed by atoms with Crippen LogP contribution < -0.4 is 15.5 Å². The fraction of sp³-hybridized carbons (Fsp3) is 0.462. The molecule has 0 fully saturated rings.